The molecule has 1 aliphatic heterocycles. The van der Waals surface area contributed by atoms with Gasteiger partial charge in [-0.2, -0.15) is 0 Å². The Morgan fingerprint density at radius 2 is 2.26 bits per heavy atom. The van der Waals surface area contributed by atoms with Crippen molar-refractivity contribution in [1.82, 2.24) is 0 Å². The van der Waals surface area contributed by atoms with E-state index in [0.29, 0.717) is 18.8 Å². The lowest BCUT2D eigenvalue weighted by atomic mass is 10.1. The minimum atomic E-state index is -1.12. The normalized spacial score (nSPS) is 18.1. The summed E-state index contributed by atoms with van der Waals surface area (Å²) in [6.45, 7) is 0.562. The minimum absolute atomic E-state index is 0.00861. The summed E-state index contributed by atoms with van der Waals surface area (Å²) in [5, 5.41) is 11.7. The Morgan fingerprint density at radius 3 is 2.84 bits per heavy atom. The van der Waals surface area contributed by atoms with Crippen LogP contribution in [0.1, 0.15) is 23.2 Å². The minimum Gasteiger partial charge on any atom is -0.497 e. The lowest BCUT2D eigenvalue weighted by molar-refractivity contribution is -0.124. The molecule has 0 radical (unpaired) electrons. The second kappa shape index (κ2) is 5.71. The molecule has 1 atom stereocenters. The van der Waals surface area contributed by atoms with Crippen LogP contribution >= 0.6 is 0 Å². The summed E-state index contributed by atoms with van der Waals surface area (Å²) < 4.78 is 10.2. The number of methoxy groups -OCH3 is 1. The molecular formula is C13H15NO5. The summed E-state index contributed by atoms with van der Waals surface area (Å²) in [5.41, 5.74) is 0.236. The van der Waals surface area contributed by atoms with Crippen LogP contribution in [0.4, 0.5) is 5.69 Å². The van der Waals surface area contributed by atoms with Crippen LogP contribution in [0.25, 0.3) is 0 Å². The highest BCUT2D eigenvalue weighted by Crippen LogP contribution is 2.23. The largest absolute Gasteiger partial charge is 0.497 e. The number of hydrogen-bond donors (Lipinski definition) is 2. The molecule has 1 saturated heterocycles. The molecule has 1 aromatic rings. The van der Waals surface area contributed by atoms with Crippen molar-refractivity contribution in [3.63, 3.8) is 0 Å². The molecule has 2 rings (SSSR count). The van der Waals surface area contributed by atoms with Crippen LogP contribution < -0.4 is 10.1 Å². The van der Waals surface area contributed by atoms with E-state index in [1.807, 2.05) is 0 Å². The fourth-order valence-electron chi connectivity index (χ4n) is 1.93. The Bertz CT molecular complexity index is 494. The number of carbonyl (C=O) groups excluding carboxylic acids is 1. The standard InChI is InChI=1S/C13H15NO5/c1-18-8-4-5-10(9(7-8)13(16)17)14-12(15)11-3-2-6-19-11/h4-5,7,11H,2-3,6H2,1H3,(H,14,15)(H,16,17)/t11-/m0/s1. The van der Waals surface area contributed by atoms with Gasteiger partial charge in [-0.1, -0.05) is 0 Å². The molecule has 2 N–H and O–H groups in total. The third-order valence-corrected chi connectivity index (χ3v) is 2.94. The van der Waals surface area contributed by atoms with Gasteiger partial charge in [-0.05, 0) is 31.0 Å². The number of aromatic carboxylic acids is 1. The predicted octanol–water partition coefficient (Wildman–Crippen LogP) is 1.51. The van der Waals surface area contributed by atoms with E-state index in [2.05, 4.69) is 5.32 Å². The van der Waals surface area contributed by atoms with Crippen LogP contribution in [0.15, 0.2) is 18.2 Å². The van der Waals surface area contributed by atoms with Crippen molar-refractivity contribution in [2.45, 2.75) is 18.9 Å². The molecule has 0 saturated carbocycles. The summed E-state index contributed by atoms with van der Waals surface area (Å²) in [5.74, 6) is -1.01. The van der Waals surface area contributed by atoms with Gasteiger partial charge in [-0.3, -0.25) is 4.79 Å². The number of carboxylic acids is 1. The first-order valence-corrected chi connectivity index (χ1v) is 5.95. The van der Waals surface area contributed by atoms with E-state index in [-0.39, 0.29) is 17.2 Å². The third-order valence-electron chi connectivity index (χ3n) is 2.94. The van der Waals surface area contributed by atoms with Gasteiger partial charge in [0.05, 0.1) is 18.4 Å². The first-order valence-electron chi connectivity index (χ1n) is 5.95. The van der Waals surface area contributed by atoms with Gasteiger partial charge in [0, 0.05) is 6.61 Å². The second-order valence-electron chi connectivity index (χ2n) is 4.21. The summed E-state index contributed by atoms with van der Waals surface area (Å²) in [6.07, 6.45) is 1.00. The van der Waals surface area contributed by atoms with Crippen molar-refractivity contribution >= 4 is 17.6 Å². The summed E-state index contributed by atoms with van der Waals surface area (Å²) in [6, 6.07) is 4.47. The van der Waals surface area contributed by atoms with Gasteiger partial charge in [-0.25, -0.2) is 4.79 Å². The molecule has 6 heteroatoms. The Hall–Kier alpha value is -2.08. The Kier molecular flexibility index (Phi) is 4.01. The van der Waals surface area contributed by atoms with E-state index < -0.39 is 12.1 Å². The van der Waals surface area contributed by atoms with E-state index in [0.717, 1.165) is 6.42 Å². The second-order valence-corrected chi connectivity index (χ2v) is 4.21. The zero-order valence-corrected chi connectivity index (χ0v) is 10.5. The van der Waals surface area contributed by atoms with E-state index in [9.17, 15) is 9.59 Å². The number of rotatable bonds is 4. The van der Waals surface area contributed by atoms with Crippen molar-refractivity contribution in [3.05, 3.63) is 23.8 Å². The third kappa shape index (κ3) is 3.03. The lowest BCUT2D eigenvalue weighted by Crippen LogP contribution is -2.27. The number of nitrogens with one attached hydrogen (secondary N) is 1. The number of ether oxygens (including phenoxy) is 2. The van der Waals surface area contributed by atoms with Gasteiger partial charge in [-0.15, -0.1) is 0 Å². The van der Waals surface area contributed by atoms with Crippen LogP contribution in [-0.2, 0) is 9.53 Å². The molecule has 6 nitrogen and oxygen atoms in total. The van der Waals surface area contributed by atoms with E-state index in [1.54, 1.807) is 6.07 Å². The number of carbonyl (C=O) groups is 2. The molecule has 1 aromatic carbocycles. The van der Waals surface area contributed by atoms with Gasteiger partial charge in [0.2, 0.25) is 0 Å². The summed E-state index contributed by atoms with van der Waals surface area (Å²) >= 11 is 0. The molecule has 0 bridgehead atoms. The fraction of sp³-hybridized carbons (Fsp3) is 0.385. The van der Waals surface area contributed by atoms with Crippen molar-refractivity contribution < 1.29 is 24.2 Å². The lowest BCUT2D eigenvalue weighted by Gasteiger charge is -2.13. The molecule has 1 fully saturated rings. The van der Waals surface area contributed by atoms with E-state index >= 15 is 0 Å². The Labute approximate surface area is 110 Å². The molecule has 0 unspecified atom stereocenters. The van der Waals surface area contributed by atoms with Gasteiger partial charge >= 0.3 is 5.97 Å². The highest BCUT2D eigenvalue weighted by molar-refractivity contribution is 6.02. The van der Waals surface area contributed by atoms with Crippen molar-refractivity contribution in [2.24, 2.45) is 0 Å². The summed E-state index contributed by atoms with van der Waals surface area (Å²) in [7, 11) is 1.45. The molecular weight excluding hydrogens is 250 g/mol. The van der Waals surface area contributed by atoms with Crippen LogP contribution in [0, 0.1) is 0 Å². The average Bonchev–Trinajstić information content (AvgIpc) is 2.92. The van der Waals surface area contributed by atoms with Crippen LogP contribution in [0.5, 0.6) is 5.75 Å². The molecule has 0 spiro atoms. The SMILES string of the molecule is COc1ccc(NC(=O)[C@@H]2CCCO2)c(C(=O)O)c1. The molecule has 1 amide bonds. The smallest absolute Gasteiger partial charge is 0.337 e. The van der Waals surface area contributed by atoms with E-state index in [4.69, 9.17) is 14.6 Å². The van der Waals surface area contributed by atoms with Crippen LogP contribution in [0.3, 0.4) is 0 Å². The molecule has 102 valence electrons. The summed E-state index contributed by atoms with van der Waals surface area (Å²) in [4.78, 5) is 23.0. The number of carboxylic acid groups (broad SMARTS) is 1. The van der Waals surface area contributed by atoms with Crippen molar-refractivity contribution in [1.29, 1.82) is 0 Å². The van der Waals surface area contributed by atoms with Gasteiger partial charge in [0.15, 0.2) is 0 Å². The number of anilines is 1. The van der Waals surface area contributed by atoms with Gasteiger partial charge in [0.1, 0.15) is 11.9 Å². The highest BCUT2D eigenvalue weighted by atomic mass is 16.5. The van der Waals surface area contributed by atoms with E-state index in [1.165, 1.54) is 19.2 Å². The average molecular weight is 265 g/mol. The number of hydrogen-bond acceptors (Lipinski definition) is 4. The molecule has 0 aromatic heterocycles. The van der Waals surface area contributed by atoms with Gasteiger partial charge in [0.25, 0.3) is 5.91 Å². The first kappa shape index (κ1) is 13.4. The molecule has 1 heterocycles. The van der Waals surface area contributed by atoms with Crippen molar-refractivity contribution in [3.8, 4) is 5.75 Å². The maximum atomic E-state index is 11.9. The quantitative estimate of drug-likeness (QED) is 0.862. The van der Waals surface area contributed by atoms with Crippen LogP contribution in [0.2, 0.25) is 0 Å². The zero-order chi connectivity index (χ0) is 13.8. The maximum absolute atomic E-state index is 11.9. The van der Waals surface area contributed by atoms with Gasteiger partial charge < -0.3 is 19.9 Å². The number of benzene rings is 1. The topological polar surface area (TPSA) is 84.9 Å². The predicted molar refractivity (Wildman–Crippen MR) is 67.6 cm³/mol. The highest BCUT2D eigenvalue weighted by Gasteiger charge is 2.24. The monoisotopic (exact) mass is 265 g/mol. The zero-order valence-electron chi connectivity index (χ0n) is 10.5. The Balaban J connectivity index is 2.19. The molecule has 1 aliphatic rings. The van der Waals surface area contributed by atoms with Crippen molar-refractivity contribution in [2.75, 3.05) is 19.0 Å². The fourth-order valence-corrected chi connectivity index (χ4v) is 1.93. The molecule has 19 heavy (non-hydrogen) atoms. The Morgan fingerprint density at radius 1 is 1.47 bits per heavy atom. The maximum Gasteiger partial charge on any atom is 0.337 e. The number of amides is 1. The first-order chi connectivity index (χ1) is 9.11. The molecule has 0 aliphatic carbocycles. The van der Waals surface area contributed by atoms with Crippen LogP contribution in [-0.4, -0.2) is 36.8 Å².